The van der Waals surface area contributed by atoms with E-state index in [4.69, 9.17) is 38.5 Å². The molecule has 3 N–H and O–H groups in total. The summed E-state index contributed by atoms with van der Waals surface area (Å²) in [4.78, 5) is 11.2. The number of amides is 1. The average Bonchev–Trinajstić information content (AvgIpc) is 2.59. The van der Waals surface area contributed by atoms with E-state index in [1.807, 2.05) is 17.6 Å². The maximum atomic E-state index is 11.2. The molecule has 2 aromatic carbocycles. The molecule has 8 heteroatoms. The summed E-state index contributed by atoms with van der Waals surface area (Å²) in [6.07, 6.45) is 2.96. The Balaban J connectivity index is 2.22. The van der Waals surface area contributed by atoms with Crippen LogP contribution >= 0.6 is 45.8 Å². The smallest absolute Gasteiger partial charge is 0.257 e. The van der Waals surface area contributed by atoms with Crippen LogP contribution in [0.1, 0.15) is 11.1 Å². The molecule has 0 spiro atoms. The van der Waals surface area contributed by atoms with Crippen molar-refractivity contribution in [2.45, 2.75) is 6.61 Å². The van der Waals surface area contributed by atoms with Gasteiger partial charge in [0.25, 0.3) is 5.91 Å². The van der Waals surface area contributed by atoms with Crippen molar-refractivity contribution in [1.29, 1.82) is 0 Å². The highest BCUT2D eigenvalue weighted by atomic mass is 127. The maximum Gasteiger partial charge on any atom is 0.257 e. The Hall–Kier alpha value is -1.48. The Labute approximate surface area is 169 Å². The summed E-state index contributed by atoms with van der Waals surface area (Å²) < 4.78 is 12.1. The molecule has 0 saturated carbocycles. The summed E-state index contributed by atoms with van der Waals surface area (Å²) in [5.41, 5.74) is 3.62. The molecule has 2 aromatic rings. The highest BCUT2D eigenvalue weighted by molar-refractivity contribution is 14.1. The molecule has 0 fully saturated rings. The van der Waals surface area contributed by atoms with Crippen LogP contribution in [0, 0.1) is 3.57 Å². The first-order chi connectivity index (χ1) is 11.9. The Kier molecular flexibility index (Phi) is 7.37. The van der Waals surface area contributed by atoms with Crippen LogP contribution in [0.3, 0.4) is 0 Å². The third kappa shape index (κ3) is 5.50. The van der Waals surface area contributed by atoms with E-state index >= 15 is 0 Å². The highest BCUT2D eigenvalue weighted by Gasteiger charge is 2.12. The Bertz CT molecular complexity index is 813. The first-order valence-corrected chi connectivity index (χ1v) is 8.91. The van der Waals surface area contributed by atoms with Crippen LogP contribution in [0.15, 0.2) is 36.4 Å². The molecule has 0 heterocycles. The largest absolute Gasteiger partial charge is 0.493 e. The Morgan fingerprint density at radius 1 is 1.32 bits per heavy atom. The van der Waals surface area contributed by atoms with E-state index in [1.165, 1.54) is 6.08 Å². The number of hydrogen-bond acceptors (Lipinski definition) is 4. The second kappa shape index (κ2) is 9.28. The van der Waals surface area contributed by atoms with Crippen LogP contribution in [0.25, 0.3) is 6.08 Å². The van der Waals surface area contributed by atoms with Gasteiger partial charge in [-0.25, -0.2) is 5.84 Å². The number of nitrogens with two attached hydrogens (primary N) is 1. The standard InChI is InChI=1S/C17H15Cl2IN2O3/c1-24-15-7-10(2-5-16(23)22-21)6-14(20)17(15)25-9-11-3-4-12(18)8-13(11)19/h2-8H,9,21H2,1H3,(H,22,23)/b5-2+. The second-order valence-electron chi connectivity index (χ2n) is 4.90. The molecule has 2 rings (SSSR count). The van der Waals surface area contributed by atoms with Crippen molar-refractivity contribution >= 4 is 57.8 Å². The van der Waals surface area contributed by atoms with Crippen LogP contribution in [0.4, 0.5) is 0 Å². The van der Waals surface area contributed by atoms with E-state index in [2.05, 4.69) is 22.6 Å². The molecule has 0 radical (unpaired) electrons. The maximum absolute atomic E-state index is 11.2. The van der Waals surface area contributed by atoms with Crippen LogP contribution in [0.5, 0.6) is 11.5 Å². The number of benzene rings is 2. The second-order valence-corrected chi connectivity index (χ2v) is 6.91. The van der Waals surface area contributed by atoms with Crippen molar-refractivity contribution in [2.24, 2.45) is 5.84 Å². The topological polar surface area (TPSA) is 73.6 Å². The minimum absolute atomic E-state index is 0.271. The minimum Gasteiger partial charge on any atom is -0.493 e. The van der Waals surface area contributed by atoms with Crippen molar-refractivity contribution in [3.8, 4) is 11.5 Å². The van der Waals surface area contributed by atoms with Crippen LogP contribution in [0.2, 0.25) is 10.0 Å². The van der Waals surface area contributed by atoms with Gasteiger partial charge >= 0.3 is 0 Å². The van der Waals surface area contributed by atoms with Crippen molar-refractivity contribution in [1.82, 2.24) is 5.43 Å². The van der Waals surface area contributed by atoms with E-state index in [1.54, 1.807) is 31.4 Å². The number of nitrogens with one attached hydrogen (secondary N) is 1. The van der Waals surface area contributed by atoms with E-state index in [0.29, 0.717) is 21.5 Å². The van der Waals surface area contributed by atoms with Gasteiger partial charge in [0.15, 0.2) is 11.5 Å². The van der Waals surface area contributed by atoms with Gasteiger partial charge in [0.05, 0.1) is 10.7 Å². The molecule has 0 aliphatic rings. The lowest BCUT2D eigenvalue weighted by atomic mass is 10.2. The third-order valence-corrected chi connectivity index (χ3v) is 4.60. The predicted molar refractivity (Wildman–Crippen MR) is 108 cm³/mol. The molecule has 0 aromatic heterocycles. The normalized spacial score (nSPS) is 10.8. The molecule has 0 aliphatic carbocycles. The first kappa shape index (κ1) is 19.8. The monoisotopic (exact) mass is 492 g/mol. The summed E-state index contributed by atoms with van der Waals surface area (Å²) in [6.45, 7) is 0.271. The quantitative estimate of drug-likeness (QED) is 0.208. The van der Waals surface area contributed by atoms with E-state index in [9.17, 15) is 4.79 Å². The number of hydrazine groups is 1. The van der Waals surface area contributed by atoms with Gasteiger partial charge in [-0.15, -0.1) is 0 Å². The van der Waals surface area contributed by atoms with Gasteiger partial charge in [-0.3, -0.25) is 10.2 Å². The Morgan fingerprint density at radius 2 is 2.08 bits per heavy atom. The first-order valence-electron chi connectivity index (χ1n) is 7.07. The lowest BCUT2D eigenvalue weighted by molar-refractivity contribution is -0.116. The fourth-order valence-corrected chi connectivity index (χ4v) is 3.23. The van der Waals surface area contributed by atoms with Gasteiger partial charge in [0, 0.05) is 21.7 Å². The van der Waals surface area contributed by atoms with Gasteiger partial charge in [-0.1, -0.05) is 29.3 Å². The van der Waals surface area contributed by atoms with Crippen LogP contribution in [-0.2, 0) is 11.4 Å². The number of rotatable bonds is 6. The van der Waals surface area contributed by atoms with Crippen LogP contribution < -0.4 is 20.7 Å². The zero-order valence-electron chi connectivity index (χ0n) is 13.2. The van der Waals surface area contributed by atoms with Crippen molar-refractivity contribution in [2.75, 3.05) is 7.11 Å². The molecule has 0 aliphatic heterocycles. The van der Waals surface area contributed by atoms with Crippen molar-refractivity contribution in [3.63, 3.8) is 0 Å². The number of carbonyl (C=O) groups excluding carboxylic acids is 1. The minimum atomic E-state index is -0.397. The van der Waals surface area contributed by atoms with E-state index in [-0.39, 0.29) is 6.61 Å². The summed E-state index contributed by atoms with van der Waals surface area (Å²) in [5.74, 6) is 5.79. The third-order valence-electron chi connectivity index (χ3n) is 3.21. The number of ether oxygens (including phenoxy) is 2. The van der Waals surface area contributed by atoms with Crippen molar-refractivity contribution < 1.29 is 14.3 Å². The summed E-state index contributed by atoms with van der Waals surface area (Å²) in [6, 6.07) is 8.86. The van der Waals surface area contributed by atoms with E-state index in [0.717, 1.165) is 14.7 Å². The molecule has 5 nitrogen and oxygen atoms in total. The number of carbonyl (C=O) groups is 1. The Morgan fingerprint density at radius 3 is 2.72 bits per heavy atom. The number of methoxy groups -OCH3 is 1. The molecule has 0 bridgehead atoms. The van der Waals surface area contributed by atoms with Gasteiger partial charge < -0.3 is 9.47 Å². The predicted octanol–water partition coefficient (Wildman–Crippen LogP) is 4.19. The molecule has 0 atom stereocenters. The van der Waals surface area contributed by atoms with Crippen LogP contribution in [-0.4, -0.2) is 13.0 Å². The lowest BCUT2D eigenvalue weighted by Gasteiger charge is -2.14. The SMILES string of the molecule is COc1cc(/C=C/C(=O)NN)cc(I)c1OCc1ccc(Cl)cc1Cl. The van der Waals surface area contributed by atoms with E-state index < -0.39 is 5.91 Å². The highest BCUT2D eigenvalue weighted by Crippen LogP contribution is 2.35. The summed E-state index contributed by atoms with van der Waals surface area (Å²) >= 11 is 14.2. The molecule has 1 amide bonds. The number of halogens is 3. The van der Waals surface area contributed by atoms with Crippen molar-refractivity contribution in [3.05, 3.63) is 61.2 Å². The summed E-state index contributed by atoms with van der Waals surface area (Å²) in [7, 11) is 1.55. The molecule has 0 unspecified atom stereocenters. The number of hydrogen-bond donors (Lipinski definition) is 2. The molecule has 25 heavy (non-hydrogen) atoms. The van der Waals surface area contributed by atoms with Gasteiger partial charge in [0.2, 0.25) is 0 Å². The average molecular weight is 493 g/mol. The molecular formula is C17H15Cl2IN2O3. The fourth-order valence-electron chi connectivity index (χ4n) is 1.98. The fraction of sp³-hybridized carbons (Fsp3) is 0.118. The lowest BCUT2D eigenvalue weighted by Crippen LogP contribution is -2.27. The molecule has 132 valence electrons. The molecular weight excluding hydrogens is 478 g/mol. The van der Waals surface area contributed by atoms with Gasteiger partial charge in [0.1, 0.15) is 6.61 Å². The summed E-state index contributed by atoms with van der Waals surface area (Å²) in [5, 5.41) is 1.10. The zero-order chi connectivity index (χ0) is 18.4. The zero-order valence-corrected chi connectivity index (χ0v) is 16.9. The van der Waals surface area contributed by atoms with Gasteiger partial charge in [-0.2, -0.15) is 0 Å². The molecule has 0 saturated heterocycles. The van der Waals surface area contributed by atoms with Gasteiger partial charge in [-0.05, 0) is 58.5 Å².